The highest BCUT2D eigenvalue weighted by Crippen LogP contribution is 2.12. The molecular weight excluding hydrogens is 210 g/mol. The maximum atomic E-state index is 11.8. The third-order valence-corrected chi connectivity index (χ3v) is 3.38. The molecule has 0 saturated heterocycles. The third-order valence-electron chi connectivity index (χ3n) is 1.95. The first-order valence-electron chi connectivity index (χ1n) is 4.85. The molecule has 84 valence electrons. The Morgan fingerprint density at radius 1 is 1.53 bits per heavy atom. The second-order valence-electron chi connectivity index (χ2n) is 3.60. The van der Waals surface area contributed by atoms with Gasteiger partial charge in [0.05, 0.1) is 16.5 Å². The van der Waals surface area contributed by atoms with Crippen LogP contribution in [-0.2, 0) is 10.8 Å². The predicted molar refractivity (Wildman–Crippen MR) is 63.1 cm³/mol. The van der Waals surface area contributed by atoms with Gasteiger partial charge in [0, 0.05) is 11.9 Å². The van der Waals surface area contributed by atoms with Crippen LogP contribution in [-0.4, -0.2) is 40.5 Å². The van der Waals surface area contributed by atoms with Crippen molar-refractivity contribution in [3.05, 3.63) is 18.3 Å². The highest BCUT2D eigenvalue weighted by atomic mass is 32.2. The Hall–Kier alpha value is -0.940. The molecule has 0 aliphatic rings. The molecule has 0 aliphatic carbocycles. The summed E-state index contributed by atoms with van der Waals surface area (Å²) in [5, 5.41) is 0.510. The van der Waals surface area contributed by atoms with Gasteiger partial charge >= 0.3 is 0 Å². The van der Waals surface area contributed by atoms with E-state index in [1.165, 1.54) is 0 Å². The van der Waals surface area contributed by atoms with Crippen LogP contribution in [0.2, 0.25) is 0 Å². The van der Waals surface area contributed by atoms with Gasteiger partial charge in [-0.25, -0.2) is 4.98 Å². The summed E-state index contributed by atoms with van der Waals surface area (Å²) < 4.78 is 11.8. The van der Waals surface area contributed by atoms with Crippen molar-refractivity contribution < 1.29 is 4.21 Å². The van der Waals surface area contributed by atoms with Gasteiger partial charge in [0.2, 0.25) is 0 Å². The molecule has 5 heteroatoms. The molecule has 2 N–H and O–H groups in total. The molecule has 0 aliphatic heterocycles. The van der Waals surface area contributed by atoms with Crippen molar-refractivity contribution in [2.24, 2.45) is 0 Å². The summed E-state index contributed by atoms with van der Waals surface area (Å²) in [6.07, 6.45) is 2.51. The molecule has 1 unspecified atom stereocenters. The van der Waals surface area contributed by atoms with Crippen molar-refractivity contribution in [1.29, 1.82) is 0 Å². The zero-order valence-electron chi connectivity index (χ0n) is 9.14. The average Bonchev–Trinajstić information content (AvgIpc) is 2.17. The van der Waals surface area contributed by atoms with Gasteiger partial charge in [-0.2, -0.15) is 0 Å². The van der Waals surface area contributed by atoms with Crippen molar-refractivity contribution in [3.8, 4) is 0 Å². The van der Waals surface area contributed by atoms with Crippen molar-refractivity contribution in [3.63, 3.8) is 0 Å². The Kier molecular flexibility index (Phi) is 4.71. The zero-order chi connectivity index (χ0) is 11.3. The van der Waals surface area contributed by atoms with Crippen LogP contribution in [0.5, 0.6) is 0 Å². The Bertz CT molecular complexity index is 341. The van der Waals surface area contributed by atoms with E-state index in [1.807, 2.05) is 14.1 Å². The standard InChI is InChI=1S/C10H17N3OS/c1-13(2)7-4-8-15(14)10-9(11)5-3-6-12-10/h3,5-6H,4,7-8,11H2,1-2H3. The summed E-state index contributed by atoms with van der Waals surface area (Å²) in [6, 6.07) is 3.47. The Morgan fingerprint density at radius 2 is 2.27 bits per heavy atom. The van der Waals surface area contributed by atoms with E-state index in [-0.39, 0.29) is 0 Å². The van der Waals surface area contributed by atoms with Crippen molar-refractivity contribution in [2.45, 2.75) is 11.4 Å². The van der Waals surface area contributed by atoms with Crippen LogP contribution in [0.15, 0.2) is 23.4 Å². The lowest BCUT2D eigenvalue weighted by molar-refractivity contribution is 0.409. The largest absolute Gasteiger partial charge is 0.396 e. The van der Waals surface area contributed by atoms with Crippen molar-refractivity contribution in [1.82, 2.24) is 9.88 Å². The second kappa shape index (κ2) is 5.82. The number of aromatic nitrogens is 1. The van der Waals surface area contributed by atoms with Gasteiger partial charge in [-0.3, -0.25) is 4.21 Å². The molecule has 1 aromatic rings. The van der Waals surface area contributed by atoms with Gasteiger partial charge in [-0.05, 0) is 39.2 Å². The fourth-order valence-electron chi connectivity index (χ4n) is 1.20. The summed E-state index contributed by atoms with van der Waals surface area (Å²) in [7, 11) is 2.92. The van der Waals surface area contributed by atoms with Crippen LogP contribution in [0.3, 0.4) is 0 Å². The van der Waals surface area contributed by atoms with E-state index in [9.17, 15) is 4.21 Å². The van der Waals surface area contributed by atoms with Gasteiger partial charge < -0.3 is 10.6 Å². The van der Waals surface area contributed by atoms with E-state index >= 15 is 0 Å². The van der Waals surface area contributed by atoms with Gasteiger partial charge in [0.1, 0.15) is 5.03 Å². The maximum Gasteiger partial charge on any atom is 0.150 e. The summed E-state index contributed by atoms with van der Waals surface area (Å²) in [5.74, 6) is 0.611. The third kappa shape index (κ3) is 3.97. The molecule has 0 radical (unpaired) electrons. The minimum absolute atomic E-state index is 0.510. The molecule has 0 bridgehead atoms. The van der Waals surface area contributed by atoms with Gasteiger partial charge in [-0.1, -0.05) is 0 Å². The lowest BCUT2D eigenvalue weighted by atomic mass is 10.4. The van der Waals surface area contributed by atoms with E-state index in [1.54, 1.807) is 18.3 Å². The molecule has 0 aromatic carbocycles. The number of nitrogen functional groups attached to an aromatic ring is 1. The number of rotatable bonds is 5. The lowest BCUT2D eigenvalue weighted by Crippen LogP contribution is -2.15. The molecule has 1 atom stereocenters. The minimum Gasteiger partial charge on any atom is -0.396 e. The van der Waals surface area contributed by atoms with E-state index < -0.39 is 10.8 Å². The first-order chi connectivity index (χ1) is 7.11. The maximum absolute atomic E-state index is 11.8. The Labute approximate surface area is 92.9 Å². The Balaban J connectivity index is 2.51. The summed E-state index contributed by atoms with van der Waals surface area (Å²) in [4.78, 5) is 6.11. The molecule has 1 rings (SSSR count). The van der Waals surface area contributed by atoms with E-state index in [4.69, 9.17) is 5.73 Å². The van der Waals surface area contributed by atoms with E-state index in [0.29, 0.717) is 16.5 Å². The fourth-order valence-corrected chi connectivity index (χ4v) is 2.30. The fraction of sp³-hybridized carbons (Fsp3) is 0.500. The molecule has 0 saturated carbocycles. The van der Waals surface area contributed by atoms with Crippen LogP contribution < -0.4 is 5.73 Å². The lowest BCUT2D eigenvalue weighted by Gasteiger charge is -2.09. The van der Waals surface area contributed by atoms with Crippen LogP contribution in [0, 0.1) is 0 Å². The van der Waals surface area contributed by atoms with Crippen LogP contribution >= 0.6 is 0 Å². The molecule has 0 amide bonds. The highest BCUT2D eigenvalue weighted by molar-refractivity contribution is 7.85. The summed E-state index contributed by atoms with van der Waals surface area (Å²) in [5.41, 5.74) is 6.20. The zero-order valence-corrected chi connectivity index (χ0v) is 9.96. The van der Waals surface area contributed by atoms with E-state index in [0.717, 1.165) is 13.0 Å². The Morgan fingerprint density at radius 3 is 2.87 bits per heavy atom. The minimum atomic E-state index is -1.07. The molecule has 0 spiro atoms. The molecule has 4 nitrogen and oxygen atoms in total. The number of hydrogen-bond acceptors (Lipinski definition) is 4. The summed E-state index contributed by atoms with van der Waals surface area (Å²) in [6.45, 7) is 0.929. The number of pyridine rings is 1. The van der Waals surface area contributed by atoms with Crippen LogP contribution in [0.4, 0.5) is 5.69 Å². The van der Waals surface area contributed by atoms with E-state index in [2.05, 4.69) is 9.88 Å². The topological polar surface area (TPSA) is 59.2 Å². The van der Waals surface area contributed by atoms with Gasteiger partial charge in [0.15, 0.2) is 0 Å². The SMILES string of the molecule is CN(C)CCCS(=O)c1ncccc1N. The quantitative estimate of drug-likeness (QED) is 0.805. The molecule has 1 aromatic heterocycles. The average molecular weight is 227 g/mol. The van der Waals surface area contributed by atoms with Gasteiger partial charge in [-0.15, -0.1) is 0 Å². The molecule has 15 heavy (non-hydrogen) atoms. The first kappa shape index (κ1) is 12.1. The number of hydrogen-bond donors (Lipinski definition) is 1. The first-order valence-corrected chi connectivity index (χ1v) is 6.16. The summed E-state index contributed by atoms with van der Waals surface area (Å²) >= 11 is 0. The number of nitrogens with two attached hydrogens (primary N) is 1. The normalized spacial score (nSPS) is 13.0. The molecule has 0 fully saturated rings. The van der Waals surface area contributed by atoms with Crippen molar-refractivity contribution in [2.75, 3.05) is 32.1 Å². The monoisotopic (exact) mass is 227 g/mol. The smallest absolute Gasteiger partial charge is 0.150 e. The molecular formula is C10H17N3OS. The number of anilines is 1. The second-order valence-corrected chi connectivity index (χ2v) is 5.09. The molecule has 1 heterocycles. The van der Waals surface area contributed by atoms with Crippen LogP contribution in [0.1, 0.15) is 6.42 Å². The van der Waals surface area contributed by atoms with Crippen molar-refractivity contribution >= 4 is 16.5 Å². The highest BCUT2D eigenvalue weighted by Gasteiger charge is 2.08. The predicted octanol–water partition coefficient (Wildman–Crippen LogP) is 0.723. The van der Waals surface area contributed by atoms with Crippen LogP contribution in [0.25, 0.3) is 0 Å². The van der Waals surface area contributed by atoms with Gasteiger partial charge in [0.25, 0.3) is 0 Å². The number of nitrogens with zero attached hydrogens (tertiary/aromatic N) is 2.